The highest BCUT2D eigenvalue weighted by Gasteiger charge is 2.38. The minimum atomic E-state index is 0.0678. The molecule has 1 atom stereocenters. The second kappa shape index (κ2) is 9.15. The highest BCUT2D eigenvalue weighted by atomic mass is 35.5. The van der Waals surface area contributed by atoms with E-state index in [-0.39, 0.29) is 11.5 Å². The van der Waals surface area contributed by atoms with Gasteiger partial charge in [0.05, 0.1) is 0 Å². The van der Waals surface area contributed by atoms with Gasteiger partial charge in [-0.05, 0) is 61.4 Å². The van der Waals surface area contributed by atoms with E-state index in [2.05, 4.69) is 54.9 Å². The quantitative estimate of drug-likeness (QED) is 0.819. The molecule has 0 radical (unpaired) electrons. The number of rotatable bonds is 4. The van der Waals surface area contributed by atoms with Crippen molar-refractivity contribution in [1.29, 1.82) is 0 Å². The summed E-state index contributed by atoms with van der Waals surface area (Å²) in [4.78, 5) is 17.8. The number of carbonyl (C=O) groups is 1. The largest absolute Gasteiger partial charge is 0.337 e. The third-order valence-electron chi connectivity index (χ3n) is 6.34. The van der Waals surface area contributed by atoms with Gasteiger partial charge in [0.25, 0.3) is 0 Å². The Balaban J connectivity index is 1.65. The van der Waals surface area contributed by atoms with Gasteiger partial charge in [0.2, 0.25) is 5.91 Å². The Morgan fingerprint density at radius 1 is 1.21 bits per heavy atom. The molecule has 1 aromatic rings. The average molecular weight is 406 g/mol. The van der Waals surface area contributed by atoms with Crippen molar-refractivity contribution < 1.29 is 4.79 Å². The Labute approximate surface area is 175 Å². The summed E-state index contributed by atoms with van der Waals surface area (Å²) in [5.74, 6) is 0.901. The zero-order valence-electron chi connectivity index (χ0n) is 17.9. The first-order valence-corrected chi connectivity index (χ1v) is 11.1. The number of halogens is 1. The molecule has 0 aromatic heterocycles. The summed E-state index contributed by atoms with van der Waals surface area (Å²) < 4.78 is 0. The van der Waals surface area contributed by atoms with Crippen LogP contribution in [-0.4, -0.2) is 54.5 Å². The molecule has 0 spiro atoms. The van der Waals surface area contributed by atoms with Gasteiger partial charge >= 0.3 is 0 Å². The molecule has 2 aliphatic rings. The highest BCUT2D eigenvalue weighted by Crippen LogP contribution is 2.30. The summed E-state index contributed by atoms with van der Waals surface area (Å²) in [6, 6.07) is 6.55. The summed E-state index contributed by atoms with van der Waals surface area (Å²) in [7, 11) is 0. The Kier molecular flexibility index (Phi) is 7.06. The van der Waals surface area contributed by atoms with E-state index >= 15 is 0 Å². The van der Waals surface area contributed by atoms with E-state index in [1.807, 2.05) is 6.07 Å². The van der Waals surface area contributed by atoms with Crippen molar-refractivity contribution in [3.63, 3.8) is 0 Å². The van der Waals surface area contributed by atoms with Crippen LogP contribution in [0.25, 0.3) is 0 Å². The number of nitrogens with zero attached hydrogens (tertiary/aromatic N) is 2. The third kappa shape index (κ3) is 5.49. The summed E-state index contributed by atoms with van der Waals surface area (Å²) in [6.45, 7) is 14.6. The van der Waals surface area contributed by atoms with E-state index in [1.165, 1.54) is 5.56 Å². The van der Waals surface area contributed by atoms with Crippen LogP contribution in [0.4, 0.5) is 0 Å². The molecule has 1 amide bonds. The molecule has 0 aliphatic carbocycles. The number of benzene rings is 1. The third-order valence-corrected chi connectivity index (χ3v) is 6.76. The molecule has 2 fully saturated rings. The van der Waals surface area contributed by atoms with Gasteiger partial charge in [-0.1, -0.05) is 44.5 Å². The summed E-state index contributed by atoms with van der Waals surface area (Å²) in [5, 5.41) is 4.22. The van der Waals surface area contributed by atoms with Crippen LogP contribution >= 0.6 is 11.6 Å². The van der Waals surface area contributed by atoms with Crippen LogP contribution in [-0.2, 0) is 11.3 Å². The zero-order valence-corrected chi connectivity index (χ0v) is 18.7. The fourth-order valence-corrected chi connectivity index (χ4v) is 4.65. The molecule has 0 bridgehead atoms. The van der Waals surface area contributed by atoms with Gasteiger partial charge in [0.15, 0.2) is 0 Å². The van der Waals surface area contributed by atoms with E-state index in [9.17, 15) is 4.79 Å². The number of aryl methyl sites for hydroxylation is 1. The van der Waals surface area contributed by atoms with E-state index < -0.39 is 0 Å². The van der Waals surface area contributed by atoms with Gasteiger partial charge in [0, 0.05) is 43.7 Å². The highest BCUT2D eigenvalue weighted by molar-refractivity contribution is 6.31. The van der Waals surface area contributed by atoms with Gasteiger partial charge in [0.1, 0.15) is 0 Å². The minimum absolute atomic E-state index is 0.0678. The molecule has 5 heteroatoms. The number of amides is 1. The molecular weight excluding hydrogens is 370 g/mol. The monoisotopic (exact) mass is 405 g/mol. The lowest BCUT2D eigenvalue weighted by atomic mass is 9.83. The lowest BCUT2D eigenvalue weighted by Crippen LogP contribution is -2.59. The van der Waals surface area contributed by atoms with Crippen LogP contribution < -0.4 is 5.32 Å². The van der Waals surface area contributed by atoms with Crippen LogP contribution in [0.5, 0.6) is 0 Å². The molecule has 3 rings (SSSR count). The zero-order chi connectivity index (χ0) is 20.3. The van der Waals surface area contributed by atoms with E-state index in [0.29, 0.717) is 18.2 Å². The first-order valence-electron chi connectivity index (χ1n) is 10.7. The van der Waals surface area contributed by atoms with Crippen molar-refractivity contribution in [3.8, 4) is 0 Å². The maximum Gasteiger partial charge on any atom is 0.223 e. The topological polar surface area (TPSA) is 35.6 Å². The maximum absolute atomic E-state index is 13.1. The molecular formula is C23H36ClN3O. The first-order chi connectivity index (χ1) is 13.2. The van der Waals surface area contributed by atoms with Crippen LogP contribution in [0, 0.1) is 18.3 Å². The predicted octanol–water partition coefficient (Wildman–Crippen LogP) is 4.10. The molecule has 2 aliphatic heterocycles. The fourth-order valence-electron chi connectivity index (χ4n) is 4.54. The second-order valence-corrected chi connectivity index (χ2v) is 10.1. The molecule has 1 unspecified atom stereocenters. The Bertz CT molecular complexity index is 679. The van der Waals surface area contributed by atoms with Crippen LogP contribution in [0.3, 0.4) is 0 Å². The van der Waals surface area contributed by atoms with Crippen molar-refractivity contribution in [2.75, 3.05) is 32.7 Å². The molecule has 4 nitrogen and oxygen atoms in total. The van der Waals surface area contributed by atoms with Gasteiger partial charge < -0.3 is 10.2 Å². The number of hydrogen-bond donors (Lipinski definition) is 1. The predicted molar refractivity (Wildman–Crippen MR) is 117 cm³/mol. The molecule has 1 N–H and O–H groups in total. The standard InChI is InChI=1S/C23H36ClN3O/c1-17-13-19(5-6-20(17)24)15-26-11-12-27(21(16-26)23(2,3)4)22(28)14-18-7-9-25-10-8-18/h5-6,13,18,21,25H,7-12,14-16H2,1-4H3. The lowest BCUT2D eigenvalue weighted by Gasteiger charge is -2.47. The van der Waals surface area contributed by atoms with E-state index in [0.717, 1.165) is 62.7 Å². The first kappa shape index (κ1) is 21.6. The van der Waals surface area contributed by atoms with E-state index in [4.69, 9.17) is 11.6 Å². The maximum atomic E-state index is 13.1. The number of hydrogen-bond acceptors (Lipinski definition) is 3. The summed E-state index contributed by atoms with van der Waals surface area (Å²) in [6.07, 6.45) is 2.97. The van der Waals surface area contributed by atoms with Gasteiger partial charge in [-0.2, -0.15) is 0 Å². The Hall–Kier alpha value is -1.10. The molecule has 1 aromatic carbocycles. The van der Waals surface area contributed by atoms with E-state index in [1.54, 1.807) is 0 Å². The molecule has 2 saturated heterocycles. The van der Waals surface area contributed by atoms with Crippen LogP contribution in [0.15, 0.2) is 18.2 Å². The minimum Gasteiger partial charge on any atom is -0.337 e. The van der Waals surface area contributed by atoms with Crippen molar-refractivity contribution in [2.45, 2.75) is 59.5 Å². The normalized spacial score (nSPS) is 22.5. The smallest absolute Gasteiger partial charge is 0.223 e. The average Bonchev–Trinajstić information content (AvgIpc) is 2.65. The lowest BCUT2D eigenvalue weighted by molar-refractivity contribution is -0.141. The SMILES string of the molecule is Cc1cc(CN2CCN(C(=O)CC3CCNCC3)C(C(C)(C)C)C2)ccc1Cl. The summed E-state index contributed by atoms with van der Waals surface area (Å²) >= 11 is 6.18. The number of piperidine rings is 1. The molecule has 156 valence electrons. The van der Waals surface area contributed by atoms with Crippen molar-refractivity contribution >= 4 is 17.5 Å². The van der Waals surface area contributed by atoms with Gasteiger partial charge in [-0.15, -0.1) is 0 Å². The van der Waals surface area contributed by atoms with Crippen molar-refractivity contribution in [3.05, 3.63) is 34.3 Å². The second-order valence-electron chi connectivity index (χ2n) is 9.69. The number of piperazine rings is 1. The van der Waals surface area contributed by atoms with Crippen molar-refractivity contribution in [1.82, 2.24) is 15.1 Å². The Morgan fingerprint density at radius 2 is 1.93 bits per heavy atom. The van der Waals surface area contributed by atoms with Gasteiger partial charge in [-0.3, -0.25) is 9.69 Å². The van der Waals surface area contributed by atoms with Gasteiger partial charge in [-0.25, -0.2) is 0 Å². The van der Waals surface area contributed by atoms with Crippen molar-refractivity contribution in [2.24, 2.45) is 11.3 Å². The molecule has 28 heavy (non-hydrogen) atoms. The van der Waals surface area contributed by atoms with Crippen LogP contribution in [0.1, 0.15) is 51.2 Å². The summed E-state index contributed by atoms with van der Waals surface area (Å²) in [5.41, 5.74) is 2.49. The molecule has 0 saturated carbocycles. The number of carbonyl (C=O) groups excluding carboxylic acids is 1. The molecule has 2 heterocycles. The Morgan fingerprint density at radius 3 is 2.57 bits per heavy atom. The number of nitrogens with one attached hydrogen (secondary N) is 1. The van der Waals surface area contributed by atoms with Crippen LogP contribution in [0.2, 0.25) is 5.02 Å². The fraction of sp³-hybridized carbons (Fsp3) is 0.696.